The summed E-state index contributed by atoms with van der Waals surface area (Å²) in [5, 5.41) is 12.4. The van der Waals surface area contributed by atoms with Gasteiger partial charge in [-0.2, -0.15) is 5.26 Å². The van der Waals surface area contributed by atoms with Gasteiger partial charge in [-0.1, -0.05) is 35.9 Å². The molecule has 210 valence electrons. The number of rotatable bonds is 7. The second kappa shape index (κ2) is 11.3. The summed E-state index contributed by atoms with van der Waals surface area (Å²) in [7, 11) is 0. The maximum absolute atomic E-state index is 14.5. The molecule has 2 heterocycles. The highest BCUT2D eigenvalue weighted by Crippen LogP contribution is 2.39. The fraction of sp³-hybridized carbons (Fsp3) is 0.300. The normalized spacial score (nSPS) is 22.4. The molecule has 3 aromatic rings. The first-order valence-electron chi connectivity index (χ1n) is 13.1. The Kier molecular flexibility index (Phi) is 7.74. The van der Waals surface area contributed by atoms with E-state index in [1.54, 1.807) is 24.3 Å². The number of nitrogens with zero attached hydrogens (tertiary/aromatic N) is 4. The van der Waals surface area contributed by atoms with Crippen molar-refractivity contribution in [2.24, 2.45) is 0 Å². The molecule has 1 aliphatic carbocycles. The third-order valence-corrected chi connectivity index (χ3v) is 7.68. The number of anilines is 2. The maximum Gasteiger partial charge on any atom is 0.251 e. The number of pyridine rings is 1. The van der Waals surface area contributed by atoms with Crippen LogP contribution in [0, 0.1) is 17.1 Å². The fourth-order valence-electron chi connectivity index (χ4n) is 5.46. The number of hydrogen-bond acceptors (Lipinski definition) is 5. The lowest BCUT2D eigenvalue weighted by Crippen LogP contribution is -2.56. The minimum absolute atomic E-state index is 0.0198. The highest BCUT2D eigenvalue weighted by Gasteiger charge is 2.46. The van der Waals surface area contributed by atoms with Crippen LogP contribution < -0.4 is 15.1 Å². The molecule has 1 aromatic heterocycles. The van der Waals surface area contributed by atoms with E-state index in [1.165, 1.54) is 48.4 Å². The number of amides is 3. The van der Waals surface area contributed by atoms with E-state index in [9.17, 15) is 28.4 Å². The van der Waals surface area contributed by atoms with Crippen molar-refractivity contribution in [1.29, 1.82) is 5.26 Å². The Labute approximate surface area is 240 Å². The van der Waals surface area contributed by atoms with Crippen LogP contribution in [0.25, 0.3) is 0 Å². The summed E-state index contributed by atoms with van der Waals surface area (Å²) >= 11 is 6.54. The molecule has 41 heavy (non-hydrogen) atoms. The molecule has 8 nitrogen and oxygen atoms in total. The van der Waals surface area contributed by atoms with Crippen LogP contribution in [0.2, 0.25) is 5.02 Å². The maximum atomic E-state index is 14.5. The van der Waals surface area contributed by atoms with Gasteiger partial charge in [-0.25, -0.2) is 13.8 Å². The molecule has 11 heteroatoms. The third kappa shape index (κ3) is 5.77. The van der Waals surface area contributed by atoms with Gasteiger partial charge < -0.3 is 5.32 Å². The first-order chi connectivity index (χ1) is 19.6. The van der Waals surface area contributed by atoms with Gasteiger partial charge in [-0.3, -0.25) is 24.2 Å². The average Bonchev–Trinajstić information content (AvgIpc) is 3.32. The van der Waals surface area contributed by atoms with Crippen LogP contribution in [0.4, 0.5) is 20.3 Å². The molecule has 1 aliphatic heterocycles. The summed E-state index contributed by atoms with van der Waals surface area (Å²) < 4.78 is 28.8. The van der Waals surface area contributed by atoms with E-state index in [2.05, 4.69) is 10.3 Å². The molecule has 2 aliphatic rings. The number of benzene rings is 2. The van der Waals surface area contributed by atoms with Crippen LogP contribution in [-0.4, -0.2) is 40.5 Å². The lowest BCUT2D eigenvalue weighted by atomic mass is 9.78. The van der Waals surface area contributed by atoms with E-state index >= 15 is 0 Å². The van der Waals surface area contributed by atoms with Gasteiger partial charge in [0.2, 0.25) is 11.8 Å². The first kappa shape index (κ1) is 28.2. The van der Waals surface area contributed by atoms with Crippen molar-refractivity contribution >= 4 is 40.8 Å². The Morgan fingerprint density at radius 1 is 1.20 bits per heavy atom. The smallest absolute Gasteiger partial charge is 0.251 e. The third-order valence-electron chi connectivity index (χ3n) is 7.34. The quantitative estimate of drug-likeness (QED) is 0.424. The lowest BCUT2D eigenvalue weighted by molar-refractivity contribution is -0.128. The summed E-state index contributed by atoms with van der Waals surface area (Å²) in [4.78, 5) is 48.0. The number of carbonyl (C=O) groups is 3. The molecule has 1 saturated carbocycles. The number of alkyl halides is 1. The largest absolute Gasteiger partial charge is 0.351 e. The van der Waals surface area contributed by atoms with E-state index in [4.69, 9.17) is 11.6 Å². The van der Waals surface area contributed by atoms with Crippen molar-refractivity contribution in [3.05, 3.63) is 88.8 Å². The van der Waals surface area contributed by atoms with E-state index in [1.807, 2.05) is 6.07 Å². The van der Waals surface area contributed by atoms with Crippen molar-refractivity contribution in [3.63, 3.8) is 0 Å². The molecule has 0 radical (unpaired) electrons. The average molecular weight is 578 g/mol. The zero-order chi connectivity index (χ0) is 29.3. The number of nitriles is 1. The van der Waals surface area contributed by atoms with Crippen LogP contribution in [0.3, 0.4) is 0 Å². The number of carbonyl (C=O) groups excluding carboxylic acids is 3. The monoisotopic (exact) mass is 577 g/mol. The lowest BCUT2D eigenvalue weighted by Gasteiger charge is -2.41. The minimum Gasteiger partial charge on any atom is -0.351 e. The van der Waals surface area contributed by atoms with Gasteiger partial charge in [0.25, 0.3) is 5.91 Å². The van der Waals surface area contributed by atoms with Crippen molar-refractivity contribution < 1.29 is 23.2 Å². The Bertz CT molecular complexity index is 1550. The van der Waals surface area contributed by atoms with Crippen LogP contribution in [0.1, 0.15) is 49.8 Å². The number of nitrogens with one attached hydrogen (secondary N) is 1. The van der Waals surface area contributed by atoms with Crippen LogP contribution in [0.5, 0.6) is 0 Å². The van der Waals surface area contributed by atoms with Gasteiger partial charge in [-0.15, -0.1) is 0 Å². The Morgan fingerprint density at radius 3 is 2.63 bits per heavy atom. The van der Waals surface area contributed by atoms with Gasteiger partial charge in [0.05, 0.1) is 11.6 Å². The molecule has 5 rings (SSSR count). The SMILES string of the molecule is CC1(F)CC(NC(=O)[C@H](c2ccccc2Cl)N(C(=O)[C@@H]2CCC(=O)N2c2cc(C#N)ccn2)c2cccc(F)c2)C1. The summed E-state index contributed by atoms with van der Waals surface area (Å²) in [5.41, 5.74) is -0.827. The fourth-order valence-corrected chi connectivity index (χ4v) is 5.70. The van der Waals surface area contributed by atoms with E-state index in [0.717, 1.165) is 11.0 Å². The summed E-state index contributed by atoms with van der Waals surface area (Å²) in [6.07, 6.45) is 1.69. The molecule has 0 bridgehead atoms. The van der Waals surface area contributed by atoms with Crippen molar-refractivity contribution in [1.82, 2.24) is 10.3 Å². The molecule has 0 spiro atoms. The topological polar surface area (TPSA) is 106 Å². The highest BCUT2D eigenvalue weighted by atomic mass is 35.5. The predicted octanol–water partition coefficient (Wildman–Crippen LogP) is 5.02. The molecule has 2 aromatic carbocycles. The molecular formula is C30H26ClF2N5O3. The van der Waals surface area contributed by atoms with Gasteiger partial charge >= 0.3 is 0 Å². The highest BCUT2D eigenvalue weighted by molar-refractivity contribution is 6.31. The van der Waals surface area contributed by atoms with Gasteiger partial charge in [0.1, 0.15) is 29.4 Å². The zero-order valence-electron chi connectivity index (χ0n) is 22.1. The standard InChI is InChI=1S/C30H26ClF2N5O3/c1-30(33)15-20(16-30)36-28(40)27(22-7-2-3-8-23(22)31)37(21-6-4-5-19(32)14-21)29(41)24-9-10-26(39)38(24)25-13-18(17-34)11-12-35-25/h2-8,11-14,20,24,27H,9-10,15-16H2,1H3,(H,36,40)/t20?,24-,27-,30?/m0/s1. The summed E-state index contributed by atoms with van der Waals surface area (Å²) in [6, 6.07) is 13.6. The van der Waals surface area contributed by atoms with Gasteiger partial charge in [0.15, 0.2) is 0 Å². The molecule has 2 atom stereocenters. The predicted molar refractivity (Wildman–Crippen MR) is 148 cm³/mol. The summed E-state index contributed by atoms with van der Waals surface area (Å²) in [6.45, 7) is 1.45. The van der Waals surface area contributed by atoms with Crippen molar-refractivity contribution in [3.8, 4) is 6.07 Å². The Balaban J connectivity index is 1.61. The van der Waals surface area contributed by atoms with Gasteiger partial charge in [-0.05, 0) is 49.7 Å². The number of hydrogen-bond donors (Lipinski definition) is 1. The zero-order valence-corrected chi connectivity index (χ0v) is 22.8. The van der Waals surface area contributed by atoms with Crippen molar-refractivity contribution in [2.45, 2.75) is 56.4 Å². The summed E-state index contributed by atoms with van der Waals surface area (Å²) in [5.74, 6) is -2.22. The molecular weight excluding hydrogens is 552 g/mol. The molecule has 3 amide bonds. The van der Waals surface area contributed by atoms with E-state index in [-0.39, 0.29) is 59.2 Å². The van der Waals surface area contributed by atoms with E-state index < -0.39 is 41.4 Å². The van der Waals surface area contributed by atoms with Crippen LogP contribution >= 0.6 is 11.6 Å². The Hall–Kier alpha value is -4.36. The van der Waals surface area contributed by atoms with Gasteiger partial charge in [0, 0.05) is 47.8 Å². The molecule has 0 unspecified atom stereocenters. The van der Waals surface area contributed by atoms with Crippen LogP contribution in [0.15, 0.2) is 66.9 Å². The second-order valence-electron chi connectivity index (χ2n) is 10.5. The van der Waals surface area contributed by atoms with Crippen LogP contribution in [-0.2, 0) is 14.4 Å². The number of aromatic nitrogens is 1. The number of halogens is 3. The Morgan fingerprint density at radius 2 is 1.95 bits per heavy atom. The van der Waals surface area contributed by atoms with Crippen molar-refractivity contribution in [2.75, 3.05) is 9.80 Å². The van der Waals surface area contributed by atoms with E-state index in [0.29, 0.717) is 0 Å². The second-order valence-corrected chi connectivity index (χ2v) is 10.9. The molecule has 2 fully saturated rings. The molecule has 1 N–H and O–H groups in total. The first-order valence-corrected chi connectivity index (χ1v) is 13.5. The molecule has 1 saturated heterocycles. The minimum atomic E-state index is -1.41.